The van der Waals surface area contributed by atoms with E-state index in [0.717, 1.165) is 16.8 Å². The molecule has 0 atom stereocenters. The van der Waals surface area contributed by atoms with Gasteiger partial charge in [-0.05, 0) is 54.2 Å². The Bertz CT molecular complexity index is 1080. The van der Waals surface area contributed by atoms with Gasteiger partial charge in [0.1, 0.15) is 12.3 Å². The van der Waals surface area contributed by atoms with E-state index in [1.807, 2.05) is 36.4 Å². The van der Waals surface area contributed by atoms with Gasteiger partial charge in [0.25, 0.3) is 5.91 Å². The smallest absolute Gasteiger partial charge is 0.265 e. The molecule has 6 heteroatoms. The molecule has 0 bridgehead atoms. The molecule has 2 aromatic carbocycles. The predicted molar refractivity (Wildman–Crippen MR) is 111 cm³/mol. The molecule has 0 spiro atoms. The Morgan fingerprint density at radius 2 is 1.86 bits per heavy atom. The molecule has 6 nitrogen and oxygen atoms in total. The van der Waals surface area contributed by atoms with Gasteiger partial charge in [-0.1, -0.05) is 44.1 Å². The van der Waals surface area contributed by atoms with Crippen molar-refractivity contribution in [1.82, 2.24) is 10.1 Å². The molecule has 3 aromatic rings. The minimum absolute atomic E-state index is 0.0000155. The van der Waals surface area contributed by atoms with Crippen molar-refractivity contribution in [3.63, 3.8) is 0 Å². The fourth-order valence-electron chi connectivity index (χ4n) is 3.29. The number of rotatable bonds is 3. The summed E-state index contributed by atoms with van der Waals surface area (Å²) in [6.07, 6.45) is 0. The molecule has 0 radical (unpaired) electrons. The van der Waals surface area contributed by atoms with Crippen LogP contribution in [-0.4, -0.2) is 22.7 Å². The fourth-order valence-corrected chi connectivity index (χ4v) is 3.29. The zero-order valence-electron chi connectivity index (χ0n) is 17.4. The average Bonchev–Trinajstić information content (AvgIpc) is 3.14. The van der Waals surface area contributed by atoms with E-state index in [9.17, 15) is 4.79 Å². The molecule has 4 rings (SSSR count). The zero-order valence-corrected chi connectivity index (χ0v) is 17.4. The first-order valence-electron chi connectivity index (χ1n) is 9.70. The highest BCUT2D eigenvalue weighted by Crippen LogP contribution is 2.37. The number of carbonyl (C=O) groups is 1. The first-order chi connectivity index (χ1) is 13.7. The van der Waals surface area contributed by atoms with Gasteiger partial charge in [0, 0.05) is 5.56 Å². The molecule has 1 aliphatic rings. The predicted octanol–water partition coefficient (Wildman–Crippen LogP) is 4.58. The van der Waals surface area contributed by atoms with Crippen molar-refractivity contribution in [1.29, 1.82) is 0 Å². The van der Waals surface area contributed by atoms with Crippen LogP contribution < -0.4 is 9.64 Å². The molecule has 150 valence electrons. The number of hydrogen-bond donors (Lipinski definition) is 0. The van der Waals surface area contributed by atoms with Crippen molar-refractivity contribution in [2.45, 2.75) is 46.6 Å². The van der Waals surface area contributed by atoms with Gasteiger partial charge in [0.15, 0.2) is 6.61 Å². The van der Waals surface area contributed by atoms with Crippen LogP contribution in [0, 0.1) is 13.8 Å². The first-order valence-corrected chi connectivity index (χ1v) is 9.70. The highest BCUT2D eigenvalue weighted by molar-refractivity contribution is 5.97. The van der Waals surface area contributed by atoms with Crippen LogP contribution in [0.5, 0.6) is 5.75 Å². The van der Waals surface area contributed by atoms with E-state index in [1.165, 1.54) is 11.1 Å². The van der Waals surface area contributed by atoms with Crippen molar-refractivity contribution < 1.29 is 14.1 Å². The third-order valence-electron chi connectivity index (χ3n) is 5.29. The molecule has 1 amide bonds. The molecule has 0 saturated heterocycles. The fraction of sp³-hybridized carbons (Fsp3) is 0.348. The number of aromatic nitrogens is 2. The van der Waals surface area contributed by atoms with Crippen LogP contribution in [-0.2, 0) is 16.8 Å². The SMILES string of the molecule is Cc1ccc(-c2noc(CN3C(=O)COc4ccc(C(C)(C)C)cc43)n2)cc1C. The van der Waals surface area contributed by atoms with Crippen LogP contribution in [0.25, 0.3) is 11.4 Å². The summed E-state index contributed by atoms with van der Waals surface area (Å²) in [5.41, 5.74) is 5.10. The molecule has 0 fully saturated rings. The number of aryl methyl sites for hydroxylation is 2. The maximum atomic E-state index is 12.6. The van der Waals surface area contributed by atoms with Crippen molar-refractivity contribution in [2.75, 3.05) is 11.5 Å². The summed E-state index contributed by atoms with van der Waals surface area (Å²) in [4.78, 5) is 18.8. The van der Waals surface area contributed by atoms with Crippen LogP contribution in [0.2, 0.25) is 0 Å². The number of ether oxygens (including phenoxy) is 1. The Morgan fingerprint density at radius 1 is 1.07 bits per heavy atom. The van der Waals surface area contributed by atoms with Crippen molar-refractivity contribution in [2.24, 2.45) is 0 Å². The normalized spacial score (nSPS) is 14.0. The topological polar surface area (TPSA) is 68.5 Å². The van der Waals surface area contributed by atoms with E-state index < -0.39 is 0 Å². The zero-order chi connectivity index (χ0) is 20.8. The second kappa shape index (κ2) is 7.03. The number of anilines is 1. The lowest BCUT2D eigenvalue weighted by molar-refractivity contribution is -0.121. The van der Waals surface area contributed by atoms with Gasteiger partial charge in [-0.2, -0.15) is 4.98 Å². The van der Waals surface area contributed by atoms with Crippen LogP contribution in [0.4, 0.5) is 5.69 Å². The van der Waals surface area contributed by atoms with Gasteiger partial charge in [-0.15, -0.1) is 0 Å². The summed E-state index contributed by atoms with van der Waals surface area (Å²) in [5, 5.41) is 4.11. The highest BCUT2D eigenvalue weighted by Gasteiger charge is 2.29. The molecule has 0 aliphatic carbocycles. The Kier molecular flexibility index (Phi) is 4.65. The summed E-state index contributed by atoms with van der Waals surface area (Å²) in [6.45, 7) is 10.7. The monoisotopic (exact) mass is 391 g/mol. The quantitative estimate of drug-likeness (QED) is 0.654. The lowest BCUT2D eigenvalue weighted by Gasteiger charge is -2.30. The van der Waals surface area contributed by atoms with E-state index >= 15 is 0 Å². The molecule has 29 heavy (non-hydrogen) atoms. The second-order valence-electron chi connectivity index (χ2n) is 8.51. The Morgan fingerprint density at radius 3 is 2.59 bits per heavy atom. The minimum atomic E-state index is -0.130. The van der Waals surface area contributed by atoms with E-state index in [-0.39, 0.29) is 24.5 Å². The Labute approximate surface area is 170 Å². The van der Waals surface area contributed by atoms with Gasteiger partial charge in [0.05, 0.1) is 5.69 Å². The summed E-state index contributed by atoms with van der Waals surface area (Å²) in [5.74, 6) is 1.47. The van der Waals surface area contributed by atoms with Gasteiger partial charge in [-0.25, -0.2) is 0 Å². The largest absolute Gasteiger partial charge is 0.482 e. The third kappa shape index (κ3) is 3.75. The summed E-state index contributed by atoms with van der Waals surface area (Å²) in [6, 6.07) is 12.0. The van der Waals surface area contributed by atoms with Gasteiger partial charge in [0.2, 0.25) is 11.7 Å². The maximum Gasteiger partial charge on any atom is 0.265 e. The molecule has 0 saturated carbocycles. The number of nitrogens with zero attached hydrogens (tertiary/aromatic N) is 3. The number of amides is 1. The van der Waals surface area contributed by atoms with Crippen LogP contribution >= 0.6 is 0 Å². The molecule has 1 aromatic heterocycles. The number of hydrogen-bond acceptors (Lipinski definition) is 5. The van der Waals surface area contributed by atoms with Crippen LogP contribution in [0.3, 0.4) is 0 Å². The standard InChI is InChI=1S/C23H25N3O3/c1-14-6-7-16(10-15(14)2)22-24-20(29-25-22)12-26-18-11-17(23(3,4)5)8-9-19(18)28-13-21(26)27/h6-11H,12-13H2,1-5H3. The van der Waals surface area contributed by atoms with Crippen LogP contribution in [0.1, 0.15) is 43.4 Å². The van der Waals surface area contributed by atoms with Crippen molar-refractivity contribution in [3.8, 4) is 17.1 Å². The molecule has 0 unspecified atom stereocenters. The van der Waals surface area contributed by atoms with E-state index in [1.54, 1.807) is 4.90 Å². The summed E-state index contributed by atoms with van der Waals surface area (Å²) < 4.78 is 11.1. The molecular weight excluding hydrogens is 366 g/mol. The van der Waals surface area contributed by atoms with E-state index in [0.29, 0.717) is 17.5 Å². The molecule has 0 N–H and O–H groups in total. The van der Waals surface area contributed by atoms with Crippen molar-refractivity contribution in [3.05, 3.63) is 59.0 Å². The summed E-state index contributed by atoms with van der Waals surface area (Å²) in [7, 11) is 0. The van der Waals surface area contributed by atoms with Gasteiger partial charge in [-0.3, -0.25) is 9.69 Å². The average molecular weight is 391 g/mol. The number of carbonyl (C=O) groups excluding carboxylic acids is 1. The lowest BCUT2D eigenvalue weighted by Crippen LogP contribution is -2.38. The van der Waals surface area contributed by atoms with E-state index in [4.69, 9.17) is 9.26 Å². The minimum Gasteiger partial charge on any atom is -0.482 e. The van der Waals surface area contributed by atoms with Crippen LogP contribution in [0.15, 0.2) is 40.9 Å². The highest BCUT2D eigenvalue weighted by atomic mass is 16.5. The lowest BCUT2D eigenvalue weighted by atomic mass is 9.86. The van der Waals surface area contributed by atoms with Crippen molar-refractivity contribution >= 4 is 11.6 Å². The third-order valence-corrected chi connectivity index (χ3v) is 5.29. The van der Waals surface area contributed by atoms with Gasteiger partial charge < -0.3 is 9.26 Å². The second-order valence-corrected chi connectivity index (χ2v) is 8.51. The Balaban J connectivity index is 1.64. The number of benzene rings is 2. The molecule has 1 aliphatic heterocycles. The Hall–Kier alpha value is -3.15. The maximum absolute atomic E-state index is 12.6. The van der Waals surface area contributed by atoms with Gasteiger partial charge >= 0.3 is 0 Å². The van der Waals surface area contributed by atoms with E-state index in [2.05, 4.69) is 44.8 Å². The first kappa shape index (κ1) is 19.2. The summed E-state index contributed by atoms with van der Waals surface area (Å²) >= 11 is 0. The number of fused-ring (bicyclic) bond motifs is 1. The molecule has 2 heterocycles. The molecular formula is C23H25N3O3.